The number of ketones is 2. The summed E-state index contributed by atoms with van der Waals surface area (Å²) in [6.45, 7) is 2.91. The molecule has 3 N–H and O–H groups in total. The first-order chi connectivity index (χ1) is 34.5. The highest BCUT2D eigenvalue weighted by molar-refractivity contribution is 6.32. The number of halogens is 6. The predicted molar refractivity (Wildman–Crippen MR) is 276 cm³/mol. The second kappa shape index (κ2) is 24.0. The SMILES string of the molecule is COc1cc(Cl)cc(C(=O)Nc2ccc(Cl)cn2)c1CC(=O)c1ccc(C(=N)N2CCCCC2)cc1F.COc1cc(Cl)cc(C(=O)Nc2ccc(Cl)cn2)c1CC(=O)c1ccc(C2=NCCN2C)cc1F. The quantitative estimate of drug-likeness (QED) is 0.0540. The Morgan fingerprint density at radius 3 is 1.56 bits per heavy atom. The fraction of sp³-hybridized carbons (Fsp3) is 0.231. The Labute approximate surface area is 433 Å². The Bertz CT molecular complexity index is 3080. The Morgan fingerprint density at radius 1 is 0.625 bits per heavy atom. The van der Waals surface area contributed by atoms with Crippen LogP contribution in [-0.4, -0.2) is 102 Å². The molecular weight excluding hydrogens is 1010 g/mol. The molecule has 20 heteroatoms. The van der Waals surface area contributed by atoms with Crippen LogP contribution in [0.3, 0.4) is 0 Å². The number of pyridine rings is 2. The lowest BCUT2D eigenvalue weighted by Crippen LogP contribution is -2.35. The number of nitrogens with zero attached hydrogens (tertiary/aromatic N) is 5. The van der Waals surface area contributed by atoms with Crippen molar-refractivity contribution in [2.45, 2.75) is 32.1 Å². The second-order valence-corrected chi connectivity index (χ2v) is 18.3. The monoisotopic (exact) mass is 1060 g/mol. The predicted octanol–water partition coefficient (Wildman–Crippen LogP) is 10.9. The number of methoxy groups -OCH3 is 2. The minimum atomic E-state index is -0.728. The minimum Gasteiger partial charge on any atom is -0.496 e. The molecule has 0 aliphatic carbocycles. The van der Waals surface area contributed by atoms with E-state index in [0.717, 1.165) is 38.9 Å². The molecule has 4 heterocycles. The molecule has 0 unspecified atom stereocenters. The molecule has 0 spiro atoms. The van der Waals surface area contributed by atoms with Gasteiger partial charge in [-0.05, 0) is 92.1 Å². The number of aliphatic imine (C=N–C) groups is 1. The Morgan fingerprint density at radius 2 is 1.12 bits per heavy atom. The first kappa shape index (κ1) is 52.8. The third kappa shape index (κ3) is 12.9. The van der Waals surface area contributed by atoms with Crippen LogP contribution in [0.2, 0.25) is 20.1 Å². The number of likely N-dealkylation sites (N-methyl/N-ethyl adjacent to an activating group) is 1. The topological polar surface area (TPSA) is 179 Å². The van der Waals surface area contributed by atoms with Crippen LogP contribution in [0.1, 0.15) is 82.9 Å². The van der Waals surface area contributed by atoms with Gasteiger partial charge in [0, 0.05) is 95.3 Å². The number of amidine groups is 2. The molecule has 0 radical (unpaired) electrons. The van der Waals surface area contributed by atoms with Gasteiger partial charge in [0.15, 0.2) is 11.6 Å². The van der Waals surface area contributed by atoms with Gasteiger partial charge < -0.3 is 29.9 Å². The molecule has 2 amide bonds. The lowest BCUT2D eigenvalue weighted by atomic mass is 9.96. The molecule has 8 rings (SSSR count). The number of hydrogen-bond acceptors (Lipinski definition) is 11. The van der Waals surface area contributed by atoms with E-state index in [1.54, 1.807) is 24.3 Å². The van der Waals surface area contributed by atoms with Crippen LogP contribution < -0.4 is 20.1 Å². The third-order valence-electron chi connectivity index (χ3n) is 11.7. The molecule has 0 atom stereocenters. The van der Waals surface area contributed by atoms with Crippen LogP contribution >= 0.6 is 46.4 Å². The molecule has 372 valence electrons. The highest BCUT2D eigenvalue weighted by Gasteiger charge is 2.26. The van der Waals surface area contributed by atoms with E-state index in [-0.39, 0.29) is 85.2 Å². The molecule has 4 aromatic carbocycles. The maximum atomic E-state index is 15.1. The largest absolute Gasteiger partial charge is 0.496 e. The smallest absolute Gasteiger partial charge is 0.257 e. The number of anilines is 2. The summed E-state index contributed by atoms with van der Waals surface area (Å²) >= 11 is 24.1. The summed E-state index contributed by atoms with van der Waals surface area (Å²) in [5.41, 5.74) is 1.51. The Kier molecular flexibility index (Phi) is 17.6. The molecule has 2 aliphatic rings. The van der Waals surface area contributed by atoms with E-state index in [1.165, 1.54) is 87.3 Å². The van der Waals surface area contributed by atoms with Crippen molar-refractivity contribution < 1.29 is 37.4 Å². The van der Waals surface area contributed by atoms with Crippen LogP contribution in [0.15, 0.2) is 102 Å². The molecule has 72 heavy (non-hydrogen) atoms. The molecule has 1 saturated heterocycles. The molecule has 1 fully saturated rings. The first-order valence-electron chi connectivity index (χ1n) is 22.4. The van der Waals surface area contributed by atoms with E-state index < -0.39 is 35.0 Å². The van der Waals surface area contributed by atoms with Crippen LogP contribution in [-0.2, 0) is 12.8 Å². The Hall–Kier alpha value is -6.98. The summed E-state index contributed by atoms with van der Waals surface area (Å²) in [5, 5.41) is 15.0. The van der Waals surface area contributed by atoms with Gasteiger partial charge in [0.1, 0.15) is 46.4 Å². The standard InChI is InChI=1S/C27H25Cl2FN4O3.C25H21Cl2FN4O3/c1-37-24-13-18(29)12-21(27(36)33-25-8-6-17(28)15-32-25)20(24)14-23(35)19-7-5-16(11-22(19)30)26(31)34-9-3-2-4-10-34;1-32-8-7-29-24(32)14-3-5-17(20(28)9-14)21(33)12-18-19(10-16(27)11-22(18)35-2)25(34)31-23-6-4-15(26)13-30-23/h5-8,11-13,15,31H,2-4,9-10,14H2,1H3,(H,32,33,36);3-6,9-11,13H,7-8,12H2,1-2H3,(H,30,31,34). The summed E-state index contributed by atoms with van der Waals surface area (Å²) < 4.78 is 40.8. The van der Waals surface area contributed by atoms with E-state index in [2.05, 4.69) is 25.6 Å². The molecular formula is C52H46Cl4F2N8O6. The number of hydrogen-bond donors (Lipinski definition) is 3. The van der Waals surface area contributed by atoms with Crippen molar-refractivity contribution in [3.63, 3.8) is 0 Å². The summed E-state index contributed by atoms with van der Waals surface area (Å²) in [6, 6.07) is 20.6. The van der Waals surface area contributed by atoms with Crippen molar-refractivity contribution >= 4 is 93.1 Å². The molecule has 0 saturated carbocycles. The first-order valence-corrected chi connectivity index (χ1v) is 23.9. The lowest BCUT2D eigenvalue weighted by molar-refractivity contribution is 0.0975. The number of piperidine rings is 1. The Balaban J connectivity index is 0.000000212. The summed E-state index contributed by atoms with van der Waals surface area (Å²) in [6.07, 6.45) is 5.29. The normalized spacial score (nSPS) is 13.1. The summed E-state index contributed by atoms with van der Waals surface area (Å²) in [4.78, 5) is 68.8. The number of amides is 2. The van der Waals surface area contributed by atoms with E-state index in [0.29, 0.717) is 33.6 Å². The molecule has 14 nitrogen and oxygen atoms in total. The molecule has 6 aromatic rings. The fourth-order valence-corrected chi connectivity index (χ4v) is 8.69. The van der Waals surface area contributed by atoms with Gasteiger partial charge in [0.2, 0.25) is 0 Å². The van der Waals surface area contributed by atoms with Crippen molar-refractivity contribution in [3.8, 4) is 11.5 Å². The van der Waals surface area contributed by atoms with Gasteiger partial charge in [-0.15, -0.1) is 0 Å². The van der Waals surface area contributed by atoms with Gasteiger partial charge in [-0.3, -0.25) is 29.6 Å². The highest BCUT2D eigenvalue weighted by Crippen LogP contribution is 2.32. The van der Waals surface area contributed by atoms with Gasteiger partial charge in [0.25, 0.3) is 11.8 Å². The lowest BCUT2D eigenvalue weighted by Gasteiger charge is -2.29. The van der Waals surface area contributed by atoms with Crippen molar-refractivity contribution in [1.29, 1.82) is 5.41 Å². The van der Waals surface area contributed by atoms with Crippen molar-refractivity contribution in [2.24, 2.45) is 4.99 Å². The van der Waals surface area contributed by atoms with E-state index >= 15 is 4.39 Å². The molecule has 2 aromatic heterocycles. The number of aromatic nitrogens is 2. The third-order valence-corrected chi connectivity index (χ3v) is 12.6. The van der Waals surface area contributed by atoms with Gasteiger partial charge in [0.05, 0.1) is 41.9 Å². The van der Waals surface area contributed by atoms with Gasteiger partial charge in [-0.1, -0.05) is 58.5 Å². The van der Waals surface area contributed by atoms with Gasteiger partial charge in [-0.25, -0.2) is 18.7 Å². The highest BCUT2D eigenvalue weighted by atomic mass is 35.5. The van der Waals surface area contributed by atoms with E-state index in [1.807, 2.05) is 16.8 Å². The number of nitrogens with one attached hydrogen (secondary N) is 3. The second-order valence-electron chi connectivity index (χ2n) is 16.5. The average Bonchev–Trinajstić information content (AvgIpc) is 3.81. The zero-order valence-electron chi connectivity index (χ0n) is 39.1. The van der Waals surface area contributed by atoms with Crippen LogP contribution in [0, 0.1) is 17.0 Å². The fourth-order valence-electron chi connectivity index (χ4n) is 8.05. The van der Waals surface area contributed by atoms with Gasteiger partial charge >= 0.3 is 0 Å². The zero-order valence-corrected chi connectivity index (χ0v) is 42.1. The van der Waals surface area contributed by atoms with Crippen LogP contribution in [0.25, 0.3) is 0 Å². The van der Waals surface area contributed by atoms with E-state index in [4.69, 9.17) is 61.3 Å². The van der Waals surface area contributed by atoms with Crippen LogP contribution in [0.5, 0.6) is 11.5 Å². The minimum absolute atomic E-state index is 0.0957. The zero-order chi connectivity index (χ0) is 51.6. The molecule has 2 aliphatic heterocycles. The number of carbonyl (C=O) groups excluding carboxylic acids is 4. The van der Waals surface area contributed by atoms with E-state index in [9.17, 15) is 23.6 Å². The molecule has 0 bridgehead atoms. The number of carbonyl (C=O) groups is 4. The van der Waals surface area contributed by atoms with Crippen molar-refractivity contribution in [3.05, 3.63) is 174 Å². The number of benzene rings is 4. The average molecular weight is 1060 g/mol. The summed E-state index contributed by atoms with van der Waals surface area (Å²) in [5.74, 6) is -1.69. The van der Waals surface area contributed by atoms with Gasteiger partial charge in [-0.2, -0.15) is 0 Å². The van der Waals surface area contributed by atoms with Crippen molar-refractivity contribution in [1.82, 2.24) is 19.8 Å². The number of rotatable bonds is 14. The van der Waals surface area contributed by atoms with Crippen LogP contribution in [0.4, 0.5) is 20.4 Å². The van der Waals surface area contributed by atoms with Crippen molar-refractivity contribution in [2.75, 3.05) is 58.1 Å². The summed E-state index contributed by atoms with van der Waals surface area (Å²) in [7, 11) is 4.67. The maximum Gasteiger partial charge on any atom is 0.257 e. The maximum absolute atomic E-state index is 15.1. The number of Topliss-reactive ketones (excluding diaryl/α,β-unsaturated/α-hetero) is 2. The number of likely N-dealkylation sites (tertiary alicyclic amines) is 1. The number of ether oxygens (including phenoxy) is 2.